The van der Waals surface area contributed by atoms with E-state index in [1.165, 1.54) is 14.2 Å². The lowest BCUT2D eigenvalue weighted by molar-refractivity contribution is -0.228. The molecular formula is C26H29I5O11. The summed E-state index contributed by atoms with van der Waals surface area (Å²) in [6.07, 6.45) is 1.02. The summed E-state index contributed by atoms with van der Waals surface area (Å²) in [5, 5.41) is 0. The van der Waals surface area contributed by atoms with Crippen LogP contribution >= 0.6 is 115 Å². The maximum atomic E-state index is 11.7. The maximum absolute atomic E-state index is 11.7. The minimum absolute atomic E-state index is 0.0438. The van der Waals surface area contributed by atoms with Gasteiger partial charge in [-0.2, -0.15) is 0 Å². The van der Waals surface area contributed by atoms with Gasteiger partial charge in [-0.15, -0.1) is 0 Å². The van der Waals surface area contributed by atoms with Crippen LogP contribution in [0.1, 0.15) is 34.3 Å². The lowest BCUT2D eigenvalue weighted by Crippen LogP contribution is -2.50. The zero-order chi connectivity index (χ0) is 31.1. The van der Waals surface area contributed by atoms with E-state index in [4.69, 9.17) is 32.9 Å². The van der Waals surface area contributed by atoms with Crippen LogP contribution in [-0.2, 0) is 39.6 Å². The molecule has 0 saturated carbocycles. The van der Waals surface area contributed by atoms with Gasteiger partial charge in [0.25, 0.3) is 0 Å². The molecule has 2 aromatic carbocycles. The van der Waals surface area contributed by atoms with E-state index in [0.717, 1.165) is 11.1 Å². The first-order valence-electron chi connectivity index (χ1n) is 12.2. The molecule has 0 spiro atoms. The summed E-state index contributed by atoms with van der Waals surface area (Å²) in [6.45, 7) is 0.775. The molecule has 16 heteroatoms. The fraction of sp³-hybridized carbons (Fsp3) is 0.462. The Morgan fingerprint density at radius 3 is 2.10 bits per heavy atom. The van der Waals surface area contributed by atoms with Gasteiger partial charge >= 0.3 is 5.97 Å². The van der Waals surface area contributed by atoms with Gasteiger partial charge in [-0.05, 0) is 23.6 Å². The third-order valence-corrected chi connectivity index (χ3v) is 8.68. The van der Waals surface area contributed by atoms with Crippen molar-refractivity contribution in [3.05, 3.63) is 53.1 Å². The monoisotopic (exact) mass is 1150 g/mol. The number of methoxy groups -OCH3 is 3. The van der Waals surface area contributed by atoms with Crippen molar-refractivity contribution < 1.29 is 45.5 Å². The summed E-state index contributed by atoms with van der Waals surface area (Å²) >= 11 is 8.86. The van der Waals surface area contributed by atoms with Crippen LogP contribution in [0.15, 0.2) is 36.4 Å². The topological polar surface area (TPSA) is 117 Å². The van der Waals surface area contributed by atoms with Crippen LogP contribution in [0.5, 0.6) is 17.2 Å². The van der Waals surface area contributed by atoms with Gasteiger partial charge in [0.05, 0.1) is 32.8 Å². The number of carbonyl (C=O) groups excluding carboxylic acids is 2. The molecule has 11 nitrogen and oxygen atoms in total. The third-order valence-electron chi connectivity index (χ3n) is 6.01. The van der Waals surface area contributed by atoms with Crippen LogP contribution in [0.2, 0.25) is 0 Å². The predicted molar refractivity (Wildman–Crippen MR) is 195 cm³/mol. The number of carbonyl (C=O) groups is 2. The van der Waals surface area contributed by atoms with E-state index in [9.17, 15) is 9.59 Å². The molecule has 0 amide bonds. The van der Waals surface area contributed by atoms with E-state index >= 15 is 0 Å². The Labute approximate surface area is 314 Å². The summed E-state index contributed by atoms with van der Waals surface area (Å²) in [6, 6.07) is 11.0. The number of hydrogen-bond acceptors (Lipinski definition) is 11. The molecule has 1 aliphatic heterocycles. The summed E-state index contributed by atoms with van der Waals surface area (Å²) in [5.41, 5.74) is 2.44. The van der Waals surface area contributed by atoms with E-state index < -0.39 is 0 Å². The first-order valence-corrected chi connectivity index (χ1v) is 16.8. The van der Waals surface area contributed by atoms with Crippen molar-refractivity contribution in [1.82, 2.24) is 0 Å². The van der Waals surface area contributed by atoms with Crippen molar-refractivity contribution in [1.29, 1.82) is 0 Å². The molecule has 4 atom stereocenters. The average Bonchev–Trinajstić information content (AvgIpc) is 3.02. The van der Waals surface area contributed by atoms with Gasteiger partial charge < -0.3 is 35.9 Å². The van der Waals surface area contributed by atoms with Crippen molar-refractivity contribution in [3.63, 3.8) is 0 Å². The van der Waals surface area contributed by atoms with Gasteiger partial charge in [-0.3, -0.25) is 9.59 Å². The van der Waals surface area contributed by atoms with Crippen LogP contribution in [0.25, 0.3) is 0 Å². The second kappa shape index (κ2) is 21.3. The summed E-state index contributed by atoms with van der Waals surface area (Å²) in [7, 11) is 4.63. The van der Waals surface area contributed by atoms with Crippen molar-refractivity contribution >= 4 is 124 Å². The largest absolute Gasteiger partial charge is 0.496 e. The molecule has 1 heterocycles. The van der Waals surface area contributed by atoms with Crippen LogP contribution in [0.4, 0.5) is 0 Å². The van der Waals surface area contributed by atoms with Crippen LogP contribution < -0.4 is 14.2 Å². The van der Waals surface area contributed by atoms with Crippen LogP contribution in [0, 0.1) is 0 Å². The first-order chi connectivity index (χ1) is 20.2. The molecule has 42 heavy (non-hydrogen) atoms. The van der Waals surface area contributed by atoms with Gasteiger partial charge in [0.15, 0.2) is 40.8 Å². The SMILES string of the molecule is CO[C@@H]1C[C@@H](OI)[C@H](OI)[C@@H](COI)O1.COc1cc(C(=O)I)c(OC)cc1OCc1ccc(CCC(=O)OI)cc1. The molecule has 1 saturated heterocycles. The molecule has 1 fully saturated rings. The van der Waals surface area contributed by atoms with E-state index in [1.54, 1.807) is 64.8 Å². The predicted octanol–water partition coefficient (Wildman–Crippen LogP) is 7.27. The quantitative estimate of drug-likeness (QED) is 0.141. The minimum Gasteiger partial charge on any atom is -0.496 e. The van der Waals surface area contributed by atoms with Gasteiger partial charge in [0.1, 0.15) is 99.7 Å². The Hall–Kier alpha value is 0.430. The lowest BCUT2D eigenvalue weighted by atomic mass is 10.0. The molecular weight excluding hydrogens is 1120 g/mol. The highest BCUT2D eigenvalue weighted by Crippen LogP contribution is 2.36. The Bertz CT molecular complexity index is 1120. The third kappa shape index (κ3) is 12.3. The van der Waals surface area contributed by atoms with Gasteiger partial charge in [0.2, 0.25) is 3.79 Å². The van der Waals surface area contributed by atoms with Gasteiger partial charge in [0, 0.05) is 42.2 Å². The molecule has 0 radical (unpaired) electrons. The molecule has 0 N–H and O–H groups in total. The number of aryl methyl sites for hydroxylation is 1. The van der Waals surface area contributed by atoms with E-state index in [-0.39, 0.29) is 34.4 Å². The van der Waals surface area contributed by atoms with Crippen molar-refractivity contribution in [2.45, 2.75) is 50.5 Å². The molecule has 3 rings (SSSR count). The number of benzene rings is 2. The van der Waals surface area contributed by atoms with E-state index in [2.05, 4.69) is 3.07 Å². The highest BCUT2D eigenvalue weighted by molar-refractivity contribution is 14.1. The number of halogens is 5. The highest BCUT2D eigenvalue weighted by atomic mass is 127. The average molecular weight is 1150 g/mol. The first kappa shape index (κ1) is 38.6. The van der Waals surface area contributed by atoms with E-state index in [0.29, 0.717) is 55.3 Å². The normalized spacial score (nSPS) is 19.7. The zero-order valence-corrected chi connectivity index (χ0v) is 33.5. The number of ether oxygens (including phenoxy) is 5. The van der Waals surface area contributed by atoms with Gasteiger partial charge in [-0.25, -0.2) is 0 Å². The second-order valence-electron chi connectivity index (χ2n) is 8.56. The number of hydrogen-bond donors (Lipinski definition) is 0. The Morgan fingerprint density at radius 1 is 0.905 bits per heavy atom. The lowest BCUT2D eigenvalue weighted by Gasteiger charge is -2.37. The molecule has 234 valence electrons. The van der Waals surface area contributed by atoms with Crippen molar-refractivity contribution in [2.24, 2.45) is 0 Å². The van der Waals surface area contributed by atoms with E-state index in [1.807, 2.05) is 93.3 Å². The minimum atomic E-state index is -0.260. The number of rotatable bonds is 14. The summed E-state index contributed by atoms with van der Waals surface area (Å²) in [4.78, 5) is 22.9. The summed E-state index contributed by atoms with van der Waals surface area (Å²) < 4.78 is 47.4. The highest BCUT2D eigenvalue weighted by Gasteiger charge is 2.40. The molecule has 0 aromatic heterocycles. The fourth-order valence-electron chi connectivity index (χ4n) is 3.83. The maximum Gasteiger partial charge on any atom is 0.315 e. The molecule has 2 aromatic rings. The van der Waals surface area contributed by atoms with Crippen LogP contribution in [0.3, 0.4) is 0 Å². The smallest absolute Gasteiger partial charge is 0.315 e. The van der Waals surface area contributed by atoms with Crippen molar-refractivity contribution in [2.75, 3.05) is 27.9 Å². The Morgan fingerprint density at radius 2 is 1.57 bits per heavy atom. The molecule has 1 aliphatic rings. The molecule has 0 aliphatic carbocycles. The van der Waals surface area contributed by atoms with Gasteiger partial charge in [-0.1, -0.05) is 24.3 Å². The Kier molecular flexibility index (Phi) is 19.6. The van der Waals surface area contributed by atoms with Crippen molar-refractivity contribution in [3.8, 4) is 17.2 Å². The Balaban J connectivity index is 0.000000347. The molecule has 0 unspecified atom stereocenters. The zero-order valence-electron chi connectivity index (χ0n) is 22.7. The standard InChI is InChI=1S/C19H18I2O6.C7H11I3O5/c1-24-15-10-17(16(25-2)9-14(15)19(20)23)26-11-13-5-3-12(4-6-13)7-8-18(22)27-21;1-11-6-2-4(14-9)7(15-10)5(13-6)3-12-8/h3-6,9-10H,7-8,11H2,1-2H3;4-7H,2-3H2,1H3/t;4-,5-,6+,7+/m.1/s1. The molecule has 0 bridgehead atoms. The summed E-state index contributed by atoms with van der Waals surface area (Å²) in [5.74, 6) is 1.15. The second-order valence-corrected chi connectivity index (χ2v) is 11.6. The fourth-order valence-corrected chi connectivity index (χ4v) is 5.97. The van der Waals surface area contributed by atoms with Crippen LogP contribution in [-0.4, -0.2) is 62.3 Å².